The van der Waals surface area contributed by atoms with E-state index in [1.54, 1.807) is 13.8 Å². The molecule has 0 aromatic heterocycles. The third-order valence-corrected chi connectivity index (χ3v) is 6.48. The number of likely N-dealkylation sites (tertiary alicyclic amines) is 1. The Labute approximate surface area is 153 Å². The lowest BCUT2D eigenvalue weighted by Crippen LogP contribution is -2.41. The predicted octanol–water partition coefficient (Wildman–Crippen LogP) is 0.465. The van der Waals surface area contributed by atoms with Gasteiger partial charge in [-0.05, 0) is 18.2 Å². The fraction of sp³-hybridized carbons (Fsp3) is 0.529. The van der Waals surface area contributed by atoms with Gasteiger partial charge in [-0.15, -0.1) is 0 Å². The maximum Gasteiger partial charge on any atom is 0.328 e. The Kier molecular flexibility index (Phi) is 6.38. The third-order valence-electron chi connectivity index (χ3n) is 4.44. The van der Waals surface area contributed by atoms with Gasteiger partial charge in [-0.2, -0.15) is 4.31 Å². The van der Waals surface area contributed by atoms with Crippen molar-refractivity contribution >= 4 is 21.9 Å². The number of benzene rings is 1. The molecule has 1 N–H and O–H groups in total. The van der Waals surface area contributed by atoms with E-state index in [1.807, 2.05) is 0 Å². The van der Waals surface area contributed by atoms with Crippen LogP contribution in [0.2, 0.25) is 0 Å². The first-order valence-corrected chi connectivity index (χ1v) is 9.87. The third kappa shape index (κ3) is 3.89. The van der Waals surface area contributed by atoms with Crippen molar-refractivity contribution in [3.05, 3.63) is 29.8 Å². The molecule has 2 atom stereocenters. The summed E-state index contributed by atoms with van der Waals surface area (Å²) in [6.45, 7) is 4.11. The van der Waals surface area contributed by atoms with Crippen molar-refractivity contribution in [2.45, 2.75) is 37.3 Å². The molecule has 1 aliphatic heterocycles. The molecule has 9 heteroatoms. The predicted molar refractivity (Wildman–Crippen MR) is 94.0 cm³/mol. The van der Waals surface area contributed by atoms with Crippen LogP contribution in [0.15, 0.2) is 29.2 Å². The van der Waals surface area contributed by atoms with Crippen molar-refractivity contribution in [1.82, 2.24) is 9.21 Å². The van der Waals surface area contributed by atoms with Crippen LogP contribution in [-0.4, -0.2) is 73.5 Å². The minimum atomic E-state index is -3.70. The molecule has 8 nitrogen and oxygen atoms in total. The van der Waals surface area contributed by atoms with Gasteiger partial charge in [-0.1, -0.05) is 19.9 Å². The molecule has 0 radical (unpaired) electrons. The Morgan fingerprint density at radius 3 is 2.54 bits per heavy atom. The van der Waals surface area contributed by atoms with Crippen molar-refractivity contribution in [2.24, 2.45) is 0 Å². The van der Waals surface area contributed by atoms with Crippen LogP contribution < -0.4 is 0 Å². The molecule has 1 heterocycles. The maximum atomic E-state index is 12.8. The number of aliphatic hydroxyl groups is 1. The number of aliphatic hydroxyl groups excluding tert-OH is 1. The summed E-state index contributed by atoms with van der Waals surface area (Å²) >= 11 is 0. The topological polar surface area (TPSA) is 104 Å². The van der Waals surface area contributed by atoms with Gasteiger partial charge in [0.25, 0.3) is 5.91 Å². The number of amides is 1. The molecule has 0 bridgehead atoms. The summed E-state index contributed by atoms with van der Waals surface area (Å²) in [7, 11) is -2.49. The second kappa shape index (κ2) is 8.15. The van der Waals surface area contributed by atoms with Crippen LogP contribution in [0, 0.1) is 0 Å². The summed E-state index contributed by atoms with van der Waals surface area (Å²) in [6, 6.07) is 4.83. The van der Waals surface area contributed by atoms with E-state index >= 15 is 0 Å². The number of esters is 1. The number of sulfonamides is 1. The lowest BCUT2D eigenvalue weighted by molar-refractivity contribution is -0.145. The summed E-state index contributed by atoms with van der Waals surface area (Å²) in [4.78, 5) is 25.9. The average molecular weight is 384 g/mol. The largest absolute Gasteiger partial charge is 0.467 e. The van der Waals surface area contributed by atoms with Crippen LogP contribution in [-0.2, 0) is 19.6 Å². The van der Waals surface area contributed by atoms with E-state index in [-0.39, 0.29) is 23.4 Å². The number of nitrogens with zero attached hydrogens (tertiary/aromatic N) is 2. The van der Waals surface area contributed by atoms with Gasteiger partial charge in [0.1, 0.15) is 6.04 Å². The van der Waals surface area contributed by atoms with Gasteiger partial charge in [0.05, 0.1) is 18.1 Å². The van der Waals surface area contributed by atoms with Crippen molar-refractivity contribution in [3.63, 3.8) is 0 Å². The number of ether oxygens (including phenoxy) is 1. The molecule has 0 aliphatic carbocycles. The molecule has 0 spiro atoms. The highest BCUT2D eigenvalue weighted by atomic mass is 32.2. The summed E-state index contributed by atoms with van der Waals surface area (Å²) in [5.41, 5.74) is 0.140. The van der Waals surface area contributed by atoms with Gasteiger partial charge in [-0.25, -0.2) is 13.2 Å². The Balaban J connectivity index is 2.35. The van der Waals surface area contributed by atoms with Gasteiger partial charge in [0, 0.05) is 31.6 Å². The highest BCUT2D eigenvalue weighted by molar-refractivity contribution is 7.89. The number of carbonyl (C=O) groups excluding carboxylic acids is 2. The fourth-order valence-electron chi connectivity index (χ4n) is 3.07. The zero-order chi connectivity index (χ0) is 19.5. The van der Waals surface area contributed by atoms with Gasteiger partial charge < -0.3 is 14.7 Å². The van der Waals surface area contributed by atoms with Gasteiger partial charge in [0.2, 0.25) is 10.0 Å². The Bertz CT molecular complexity index is 775. The summed E-state index contributed by atoms with van der Waals surface area (Å²) in [6.07, 6.45) is -0.735. The quantitative estimate of drug-likeness (QED) is 0.715. The van der Waals surface area contributed by atoms with E-state index in [1.165, 1.54) is 40.6 Å². The van der Waals surface area contributed by atoms with Crippen LogP contribution in [0.5, 0.6) is 0 Å². The molecule has 144 valence electrons. The Hall–Kier alpha value is -1.97. The lowest BCUT2D eigenvalue weighted by atomic mass is 10.1. The van der Waals surface area contributed by atoms with Gasteiger partial charge in [-0.3, -0.25) is 4.79 Å². The Morgan fingerprint density at radius 2 is 1.96 bits per heavy atom. The summed E-state index contributed by atoms with van der Waals surface area (Å²) < 4.78 is 31.3. The zero-order valence-electron chi connectivity index (χ0n) is 15.1. The lowest BCUT2D eigenvalue weighted by Gasteiger charge is -2.23. The Morgan fingerprint density at radius 1 is 1.31 bits per heavy atom. The van der Waals surface area contributed by atoms with Crippen LogP contribution >= 0.6 is 0 Å². The first-order chi connectivity index (χ1) is 12.3. The first-order valence-electron chi connectivity index (χ1n) is 8.43. The van der Waals surface area contributed by atoms with Gasteiger partial charge in [0.15, 0.2) is 0 Å². The summed E-state index contributed by atoms with van der Waals surface area (Å²) in [5.74, 6) is -1.13. The summed E-state index contributed by atoms with van der Waals surface area (Å²) in [5, 5.41) is 9.83. The van der Waals surface area contributed by atoms with Crippen LogP contribution in [0.1, 0.15) is 30.6 Å². The minimum absolute atomic E-state index is 0.00831. The molecular weight excluding hydrogens is 360 g/mol. The minimum Gasteiger partial charge on any atom is -0.467 e. The molecule has 1 aliphatic rings. The van der Waals surface area contributed by atoms with Crippen LogP contribution in [0.3, 0.4) is 0 Å². The molecule has 1 fully saturated rings. The second-order valence-electron chi connectivity index (χ2n) is 6.00. The molecule has 1 saturated heterocycles. The first kappa shape index (κ1) is 20.3. The van der Waals surface area contributed by atoms with E-state index in [0.717, 1.165) is 0 Å². The molecule has 0 saturated carbocycles. The molecular formula is C17H24N2O6S. The number of carbonyl (C=O) groups is 2. The smallest absolute Gasteiger partial charge is 0.328 e. The molecule has 1 amide bonds. The highest BCUT2D eigenvalue weighted by Crippen LogP contribution is 2.23. The van der Waals surface area contributed by atoms with Crippen LogP contribution in [0.4, 0.5) is 0 Å². The molecule has 1 aromatic carbocycles. The zero-order valence-corrected chi connectivity index (χ0v) is 15.9. The number of β-amino-alcohol motifs (C(OH)–C–C–N with tert-alkyl or cyclic N) is 1. The van der Waals surface area contributed by atoms with Crippen LogP contribution in [0.25, 0.3) is 0 Å². The van der Waals surface area contributed by atoms with E-state index in [9.17, 15) is 23.1 Å². The fourth-order valence-corrected chi connectivity index (χ4v) is 4.57. The molecule has 26 heavy (non-hydrogen) atoms. The van der Waals surface area contributed by atoms with E-state index < -0.39 is 34.0 Å². The number of methoxy groups -OCH3 is 1. The monoisotopic (exact) mass is 384 g/mol. The van der Waals surface area contributed by atoms with E-state index in [2.05, 4.69) is 0 Å². The normalized spacial score (nSPS) is 20.4. The maximum absolute atomic E-state index is 12.8. The highest BCUT2D eigenvalue weighted by Gasteiger charge is 2.40. The van der Waals surface area contributed by atoms with Gasteiger partial charge >= 0.3 is 5.97 Å². The van der Waals surface area contributed by atoms with Crippen molar-refractivity contribution in [1.29, 1.82) is 0 Å². The SMILES string of the molecule is CCN(CC)S(=O)(=O)c1cccc(C(=O)N2C[C@@H](O)C[C@@H]2C(=O)OC)c1. The standard InChI is InChI=1S/C17H24N2O6S/c1-4-18(5-2)26(23,24)14-8-6-7-12(9-14)16(21)19-11-13(20)10-15(19)17(22)25-3/h6-9,13,15,20H,4-5,10-11H2,1-3H3/t13-,15+/m0/s1. The number of hydrogen-bond acceptors (Lipinski definition) is 6. The number of rotatable bonds is 6. The molecule has 0 unspecified atom stereocenters. The van der Waals surface area contributed by atoms with Crippen molar-refractivity contribution in [3.8, 4) is 0 Å². The van der Waals surface area contributed by atoms with E-state index in [0.29, 0.717) is 13.1 Å². The van der Waals surface area contributed by atoms with E-state index in [4.69, 9.17) is 4.74 Å². The number of hydrogen-bond donors (Lipinski definition) is 1. The molecule has 1 aromatic rings. The average Bonchev–Trinajstić information content (AvgIpc) is 3.03. The molecule has 2 rings (SSSR count). The van der Waals surface area contributed by atoms with Crippen molar-refractivity contribution < 1.29 is 27.9 Å². The van der Waals surface area contributed by atoms with Crippen molar-refractivity contribution in [2.75, 3.05) is 26.7 Å². The second-order valence-corrected chi connectivity index (χ2v) is 7.94.